The Kier molecular flexibility index (Phi) is 5.02. The van der Waals surface area contributed by atoms with Gasteiger partial charge in [0, 0.05) is 5.56 Å². The number of hydrogen-bond donors (Lipinski definition) is 0. The number of carbonyl (C=O) groups is 1. The maximum Gasteiger partial charge on any atom is 0.339 e. The zero-order valence-electron chi connectivity index (χ0n) is 11.1. The number of esters is 1. The van der Waals surface area contributed by atoms with E-state index in [9.17, 15) is 4.79 Å². The Hall–Kier alpha value is -1.10. The van der Waals surface area contributed by atoms with E-state index in [-0.39, 0.29) is 5.97 Å². The lowest BCUT2D eigenvalue weighted by molar-refractivity contribution is 0.0524. The summed E-state index contributed by atoms with van der Waals surface area (Å²) in [5.41, 5.74) is 2.68. The molecular formula is C14H13Cl2NO2S. The van der Waals surface area contributed by atoms with Crippen molar-refractivity contribution < 1.29 is 9.53 Å². The Balaban J connectivity index is 2.44. The van der Waals surface area contributed by atoms with Crippen LogP contribution in [-0.4, -0.2) is 17.6 Å². The molecule has 0 aliphatic heterocycles. The van der Waals surface area contributed by atoms with Gasteiger partial charge in [-0.25, -0.2) is 4.79 Å². The van der Waals surface area contributed by atoms with Gasteiger partial charge in [0.1, 0.15) is 4.34 Å². The van der Waals surface area contributed by atoms with Gasteiger partial charge in [0.15, 0.2) is 0 Å². The highest BCUT2D eigenvalue weighted by Gasteiger charge is 2.16. The molecule has 0 aliphatic carbocycles. The highest BCUT2D eigenvalue weighted by Crippen LogP contribution is 2.37. The van der Waals surface area contributed by atoms with Crippen LogP contribution in [0.25, 0.3) is 11.3 Å². The average molecular weight is 330 g/mol. The SMILES string of the molecule is CCOC(=O)c1ccc(-c2cc(Cl)sc2Cl)nc1CC. The zero-order chi connectivity index (χ0) is 14.7. The summed E-state index contributed by atoms with van der Waals surface area (Å²) in [4.78, 5) is 16.3. The molecule has 0 fully saturated rings. The molecule has 0 saturated carbocycles. The number of hydrogen-bond acceptors (Lipinski definition) is 4. The van der Waals surface area contributed by atoms with Crippen molar-refractivity contribution in [1.82, 2.24) is 4.98 Å². The third kappa shape index (κ3) is 3.14. The normalized spacial score (nSPS) is 10.6. The number of carbonyl (C=O) groups excluding carboxylic acids is 1. The van der Waals surface area contributed by atoms with Crippen LogP contribution in [0.5, 0.6) is 0 Å². The van der Waals surface area contributed by atoms with E-state index in [0.29, 0.717) is 38.7 Å². The summed E-state index contributed by atoms with van der Waals surface area (Å²) in [6.07, 6.45) is 0.636. The Morgan fingerprint density at radius 3 is 2.65 bits per heavy atom. The van der Waals surface area contributed by atoms with Crippen molar-refractivity contribution in [1.29, 1.82) is 0 Å². The molecule has 0 aliphatic rings. The van der Waals surface area contributed by atoms with Gasteiger partial charge < -0.3 is 4.74 Å². The topological polar surface area (TPSA) is 39.2 Å². The van der Waals surface area contributed by atoms with Gasteiger partial charge >= 0.3 is 5.97 Å². The number of aryl methyl sites for hydroxylation is 1. The van der Waals surface area contributed by atoms with Gasteiger partial charge in [0.2, 0.25) is 0 Å². The predicted octanol–water partition coefficient (Wildman–Crippen LogP) is 4.86. The van der Waals surface area contributed by atoms with Crippen LogP contribution in [0.3, 0.4) is 0 Å². The van der Waals surface area contributed by atoms with E-state index in [1.807, 2.05) is 6.92 Å². The predicted molar refractivity (Wildman–Crippen MR) is 82.9 cm³/mol. The molecule has 20 heavy (non-hydrogen) atoms. The lowest BCUT2D eigenvalue weighted by Gasteiger charge is -2.08. The van der Waals surface area contributed by atoms with E-state index >= 15 is 0 Å². The first kappa shape index (κ1) is 15.3. The van der Waals surface area contributed by atoms with Crippen molar-refractivity contribution >= 4 is 40.5 Å². The molecule has 0 saturated heterocycles. The van der Waals surface area contributed by atoms with E-state index in [2.05, 4.69) is 4.98 Å². The van der Waals surface area contributed by atoms with Crippen LogP contribution in [0.4, 0.5) is 0 Å². The van der Waals surface area contributed by atoms with Crippen molar-refractivity contribution in [2.75, 3.05) is 6.61 Å². The fourth-order valence-electron chi connectivity index (χ4n) is 1.83. The van der Waals surface area contributed by atoms with Crippen molar-refractivity contribution in [3.05, 3.63) is 38.1 Å². The maximum absolute atomic E-state index is 11.8. The molecule has 6 heteroatoms. The van der Waals surface area contributed by atoms with Gasteiger partial charge in [-0.1, -0.05) is 30.1 Å². The minimum Gasteiger partial charge on any atom is -0.462 e. The molecule has 2 rings (SSSR count). The van der Waals surface area contributed by atoms with Gasteiger partial charge in [-0.05, 0) is 31.5 Å². The van der Waals surface area contributed by atoms with Gasteiger partial charge in [0.05, 0.1) is 27.9 Å². The van der Waals surface area contributed by atoms with Crippen LogP contribution < -0.4 is 0 Å². The zero-order valence-corrected chi connectivity index (χ0v) is 13.4. The Bertz CT molecular complexity index is 640. The molecule has 0 radical (unpaired) electrons. The second-order valence-corrected chi connectivity index (χ2v) is 6.29. The van der Waals surface area contributed by atoms with E-state index < -0.39 is 0 Å². The molecule has 0 N–H and O–H groups in total. The molecule has 106 valence electrons. The number of nitrogens with zero attached hydrogens (tertiary/aromatic N) is 1. The van der Waals surface area contributed by atoms with Gasteiger partial charge in [-0.15, -0.1) is 11.3 Å². The maximum atomic E-state index is 11.8. The monoisotopic (exact) mass is 329 g/mol. The third-order valence-electron chi connectivity index (χ3n) is 2.74. The summed E-state index contributed by atoms with van der Waals surface area (Å²) in [6, 6.07) is 5.26. The molecule has 0 amide bonds. The number of halogens is 2. The largest absolute Gasteiger partial charge is 0.462 e. The molecule has 0 bridgehead atoms. The van der Waals surface area contributed by atoms with Crippen molar-refractivity contribution in [3.8, 4) is 11.3 Å². The lowest BCUT2D eigenvalue weighted by Crippen LogP contribution is -2.09. The molecule has 2 heterocycles. The fourth-order valence-corrected chi connectivity index (χ4v) is 3.31. The number of ether oxygens (including phenoxy) is 1. The summed E-state index contributed by atoms with van der Waals surface area (Å²) < 4.78 is 6.22. The summed E-state index contributed by atoms with van der Waals surface area (Å²) in [5.74, 6) is -0.349. The van der Waals surface area contributed by atoms with E-state index in [4.69, 9.17) is 27.9 Å². The number of rotatable bonds is 4. The van der Waals surface area contributed by atoms with E-state index in [0.717, 1.165) is 5.56 Å². The third-order valence-corrected chi connectivity index (χ3v) is 4.22. The smallest absolute Gasteiger partial charge is 0.339 e. The van der Waals surface area contributed by atoms with Crippen LogP contribution in [0.2, 0.25) is 8.67 Å². The highest BCUT2D eigenvalue weighted by molar-refractivity contribution is 7.20. The fraction of sp³-hybridized carbons (Fsp3) is 0.286. The van der Waals surface area contributed by atoms with E-state index in [1.165, 1.54) is 11.3 Å². The summed E-state index contributed by atoms with van der Waals surface area (Å²) in [6.45, 7) is 4.06. The summed E-state index contributed by atoms with van der Waals surface area (Å²) in [5, 5.41) is 0. The number of pyridine rings is 1. The van der Waals surface area contributed by atoms with Crippen LogP contribution in [0.15, 0.2) is 18.2 Å². The Labute approximate surface area is 131 Å². The molecular weight excluding hydrogens is 317 g/mol. The first-order valence-corrected chi connectivity index (χ1v) is 7.76. The van der Waals surface area contributed by atoms with Crippen LogP contribution in [-0.2, 0) is 11.2 Å². The molecule has 3 nitrogen and oxygen atoms in total. The number of thiophene rings is 1. The molecule has 0 unspecified atom stereocenters. The molecule has 2 aromatic rings. The van der Waals surface area contributed by atoms with Crippen molar-refractivity contribution in [2.24, 2.45) is 0 Å². The minimum atomic E-state index is -0.349. The Morgan fingerprint density at radius 1 is 1.35 bits per heavy atom. The van der Waals surface area contributed by atoms with Crippen molar-refractivity contribution in [2.45, 2.75) is 20.3 Å². The second kappa shape index (κ2) is 6.57. The van der Waals surface area contributed by atoms with Crippen molar-refractivity contribution in [3.63, 3.8) is 0 Å². The lowest BCUT2D eigenvalue weighted by atomic mass is 10.1. The Morgan fingerprint density at radius 2 is 2.10 bits per heavy atom. The molecule has 0 atom stereocenters. The molecule has 0 spiro atoms. The minimum absolute atomic E-state index is 0.343. The van der Waals surface area contributed by atoms with Crippen LogP contribution in [0.1, 0.15) is 29.9 Å². The van der Waals surface area contributed by atoms with Crippen LogP contribution in [0, 0.1) is 0 Å². The van der Waals surface area contributed by atoms with Crippen LogP contribution >= 0.6 is 34.5 Å². The standard InChI is InChI=1S/C14H13Cl2NO2S/c1-3-10-8(14(18)19-4-2)5-6-11(17-10)9-7-12(15)20-13(9)16/h5-7H,3-4H2,1-2H3. The number of aromatic nitrogens is 1. The molecule has 2 aromatic heterocycles. The first-order chi connectivity index (χ1) is 9.56. The quantitative estimate of drug-likeness (QED) is 0.752. The van der Waals surface area contributed by atoms with Gasteiger partial charge in [-0.2, -0.15) is 0 Å². The summed E-state index contributed by atoms with van der Waals surface area (Å²) in [7, 11) is 0. The average Bonchev–Trinajstić information content (AvgIpc) is 2.77. The summed E-state index contributed by atoms with van der Waals surface area (Å²) >= 11 is 13.4. The second-order valence-electron chi connectivity index (χ2n) is 4.00. The van der Waals surface area contributed by atoms with Gasteiger partial charge in [0.25, 0.3) is 0 Å². The van der Waals surface area contributed by atoms with E-state index in [1.54, 1.807) is 25.1 Å². The first-order valence-electron chi connectivity index (χ1n) is 6.19. The van der Waals surface area contributed by atoms with Gasteiger partial charge in [-0.3, -0.25) is 4.98 Å². The highest BCUT2D eigenvalue weighted by atomic mass is 35.5. The molecule has 0 aromatic carbocycles.